The molecule has 0 amide bonds. The molecule has 1 rings (SSSR count). The minimum atomic E-state index is -0.846. The number of carboxylic acids is 1. The highest BCUT2D eigenvalue weighted by Gasteiger charge is 2.15. The molecule has 0 aromatic heterocycles. The van der Waals surface area contributed by atoms with E-state index in [2.05, 4.69) is 0 Å². The van der Waals surface area contributed by atoms with Crippen molar-refractivity contribution in [1.82, 2.24) is 0 Å². The first-order valence-electron chi connectivity index (χ1n) is 3.62. The lowest BCUT2D eigenvalue weighted by Gasteiger charge is -1.96. The summed E-state index contributed by atoms with van der Waals surface area (Å²) in [6, 6.07) is 0. The van der Waals surface area contributed by atoms with Gasteiger partial charge in [0.25, 0.3) is 0 Å². The van der Waals surface area contributed by atoms with E-state index in [1.807, 2.05) is 0 Å². The molecular formula is C8H10O3. The predicted octanol–water partition coefficient (Wildman–Crippen LogP) is 1.14. The second kappa shape index (κ2) is 3.32. The van der Waals surface area contributed by atoms with E-state index in [0.29, 0.717) is 5.57 Å². The van der Waals surface area contributed by atoms with Gasteiger partial charge in [-0.05, 0) is 24.8 Å². The summed E-state index contributed by atoms with van der Waals surface area (Å²) in [5.74, 6) is -0.846. The number of carbonyl (C=O) groups excluding carboxylic acids is 1. The van der Waals surface area contributed by atoms with Gasteiger partial charge < -0.3 is 5.11 Å². The Morgan fingerprint density at radius 3 is 2.82 bits per heavy atom. The van der Waals surface area contributed by atoms with Crippen molar-refractivity contribution >= 4 is 12.3 Å². The third-order valence-corrected chi connectivity index (χ3v) is 1.89. The molecular weight excluding hydrogens is 144 g/mol. The van der Waals surface area contributed by atoms with Gasteiger partial charge in [0.05, 0.1) is 6.42 Å². The molecule has 0 radical (unpaired) electrons. The number of hydrogen-bond acceptors (Lipinski definition) is 2. The fourth-order valence-electron chi connectivity index (χ4n) is 1.36. The Bertz CT molecular complexity index is 215. The molecule has 0 fully saturated rings. The second-order valence-electron chi connectivity index (χ2n) is 2.67. The maximum Gasteiger partial charge on any atom is 0.307 e. The average molecular weight is 154 g/mol. The summed E-state index contributed by atoms with van der Waals surface area (Å²) in [7, 11) is 0. The van der Waals surface area contributed by atoms with Crippen molar-refractivity contribution in [3.63, 3.8) is 0 Å². The predicted molar refractivity (Wildman–Crippen MR) is 39.2 cm³/mol. The van der Waals surface area contributed by atoms with Crippen molar-refractivity contribution in [2.75, 3.05) is 0 Å². The van der Waals surface area contributed by atoms with Gasteiger partial charge in [-0.3, -0.25) is 9.59 Å². The topological polar surface area (TPSA) is 54.4 Å². The van der Waals surface area contributed by atoms with Crippen LogP contribution in [0.4, 0.5) is 0 Å². The first-order chi connectivity index (χ1) is 5.24. The van der Waals surface area contributed by atoms with Gasteiger partial charge in [-0.25, -0.2) is 0 Å². The standard InChI is InChI=1S/C8H10O3/c9-5-7-3-1-2-6(7)4-8(10)11/h5H,1-4H2,(H,10,11). The maximum atomic E-state index is 10.3. The SMILES string of the molecule is O=CC1=C(CC(=O)O)CCC1. The molecule has 60 valence electrons. The van der Waals surface area contributed by atoms with Gasteiger partial charge in [0.15, 0.2) is 0 Å². The molecule has 0 unspecified atom stereocenters. The normalized spacial score (nSPS) is 17.1. The molecule has 0 spiro atoms. The quantitative estimate of drug-likeness (QED) is 0.620. The molecule has 1 N–H and O–H groups in total. The zero-order valence-corrected chi connectivity index (χ0v) is 6.17. The first-order valence-corrected chi connectivity index (χ1v) is 3.62. The van der Waals surface area contributed by atoms with Gasteiger partial charge >= 0.3 is 5.97 Å². The van der Waals surface area contributed by atoms with Gasteiger partial charge in [-0.1, -0.05) is 5.57 Å². The van der Waals surface area contributed by atoms with Crippen molar-refractivity contribution in [3.05, 3.63) is 11.1 Å². The van der Waals surface area contributed by atoms with Crippen LogP contribution in [-0.4, -0.2) is 17.4 Å². The van der Waals surface area contributed by atoms with Gasteiger partial charge in [0.2, 0.25) is 0 Å². The van der Waals surface area contributed by atoms with Crippen LogP contribution >= 0.6 is 0 Å². The third kappa shape index (κ3) is 1.90. The summed E-state index contributed by atoms with van der Waals surface area (Å²) in [6.45, 7) is 0. The van der Waals surface area contributed by atoms with Crippen LogP contribution in [0.3, 0.4) is 0 Å². The second-order valence-corrected chi connectivity index (χ2v) is 2.67. The van der Waals surface area contributed by atoms with Crippen LogP contribution in [0.25, 0.3) is 0 Å². The molecule has 0 saturated carbocycles. The molecule has 0 aliphatic heterocycles. The molecule has 1 aliphatic rings. The Labute approximate surface area is 64.7 Å². The van der Waals surface area contributed by atoms with E-state index < -0.39 is 5.97 Å². The average Bonchev–Trinajstić information content (AvgIpc) is 2.34. The molecule has 0 heterocycles. The summed E-state index contributed by atoms with van der Waals surface area (Å²) in [4.78, 5) is 20.6. The molecule has 3 nitrogen and oxygen atoms in total. The van der Waals surface area contributed by atoms with Crippen molar-refractivity contribution in [3.8, 4) is 0 Å². The van der Waals surface area contributed by atoms with Crippen LogP contribution in [-0.2, 0) is 9.59 Å². The van der Waals surface area contributed by atoms with Crippen LogP contribution in [0.5, 0.6) is 0 Å². The van der Waals surface area contributed by atoms with E-state index in [1.165, 1.54) is 0 Å². The van der Waals surface area contributed by atoms with Crippen LogP contribution < -0.4 is 0 Å². The summed E-state index contributed by atoms with van der Waals surface area (Å²) >= 11 is 0. The van der Waals surface area contributed by atoms with Crippen molar-refractivity contribution < 1.29 is 14.7 Å². The molecule has 0 atom stereocenters. The lowest BCUT2D eigenvalue weighted by Crippen LogP contribution is -1.97. The maximum absolute atomic E-state index is 10.3. The molecule has 0 bridgehead atoms. The molecule has 3 heteroatoms. The smallest absolute Gasteiger partial charge is 0.307 e. The molecule has 0 aromatic carbocycles. The minimum Gasteiger partial charge on any atom is -0.481 e. The number of rotatable bonds is 3. The number of carbonyl (C=O) groups is 2. The van der Waals surface area contributed by atoms with E-state index in [9.17, 15) is 9.59 Å². The van der Waals surface area contributed by atoms with E-state index >= 15 is 0 Å². The monoisotopic (exact) mass is 154 g/mol. The van der Waals surface area contributed by atoms with Crippen LogP contribution in [0.15, 0.2) is 11.1 Å². The lowest BCUT2D eigenvalue weighted by molar-refractivity contribution is -0.136. The van der Waals surface area contributed by atoms with Crippen molar-refractivity contribution in [1.29, 1.82) is 0 Å². The van der Waals surface area contributed by atoms with Gasteiger partial charge in [-0.2, -0.15) is 0 Å². The van der Waals surface area contributed by atoms with Gasteiger partial charge in [-0.15, -0.1) is 0 Å². The summed E-state index contributed by atoms with van der Waals surface area (Å²) in [6.07, 6.45) is 3.28. The van der Waals surface area contributed by atoms with Crippen molar-refractivity contribution in [2.24, 2.45) is 0 Å². The van der Waals surface area contributed by atoms with Crippen LogP contribution in [0.1, 0.15) is 25.7 Å². The Hall–Kier alpha value is -1.12. The third-order valence-electron chi connectivity index (χ3n) is 1.89. The fourth-order valence-corrected chi connectivity index (χ4v) is 1.36. The van der Waals surface area contributed by atoms with E-state index in [4.69, 9.17) is 5.11 Å². The Morgan fingerprint density at radius 1 is 1.55 bits per heavy atom. The van der Waals surface area contributed by atoms with Gasteiger partial charge in [0, 0.05) is 0 Å². The first kappa shape index (κ1) is 7.98. The Kier molecular flexibility index (Phi) is 2.41. The minimum absolute atomic E-state index is 0.0358. The molecule has 0 aromatic rings. The summed E-state index contributed by atoms with van der Waals surface area (Å²) in [5, 5.41) is 8.44. The number of aldehydes is 1. The zero-order valence-electron chi connectivity index (χ0n) is 6.17. The number of allylic oxidation sites excluding steroid dienone is 1. The summed E-state index contributed by atoms with van der Waals surface area (Å²) in [5.41, 5.74) is 1.51. The molecule has 11 heavy (non-hydrogen) atoms. The Morgan fingerprint density at radius 2 is 2.27 bits per heavy atom. The van der Waals surface area contributed by atoms with E-state index in [0.717, 1.165) is 31.1 Å². The van der Waals surface area contributed by atoms with E-state index in [-0.39, 0.29) is 6.42 Å². The number of aliphatic carboxylic acids is 1. The molecule has 0 saturated heterocycles. The largest absolute Gasteiger partial charge is 0.481 e. The van der Waals surface area contributed by atoms with E-state index in [1.54, 1.807) is 0 Å². The number of hydrogen-bond donors (Lipinski definition) is 1. The lowest BCUT2D eigenvalue weighted by atomic mass is 10.1. The van der Waals surface area contributed by atoms with Crippen LogP contribution in [0.2, 0.25) is 0 Å². The zero-order chi connectivity index (χ0) is 8.27. The van der Waals surface area contributed by atoms with Gasteiger partial charge in [0.1, 0.15) is 6.29 Å². The number of carboxylic acid groups (broad SMARTS) is 1. The highest BCUT2D eigenvalue weighted by Crippen LogP contribution is 2.26. The molecule has 1 aliphatic carbocycles. The van der Waals surface area contributed by atoms with Crippen LogP contribution in [0, 0.1) is 0 Å². The summed E-state index contributed by atoms with van der Waals surface area (Å²) < 4.78 is 0. The Balaban J connectivity index is 2.67. The van der Waals surface area contributed by atoms with Crippen molar-refractivity contribution in [2.45, 2.75) is 25.7 Å². The highest BCUT2D eigenvalue weighted by atomic mass is 16.4. The fraction of sp³-hybridized carbons (Fsp3) is 0.500. The highest BCUT2D eigenvalue weighted by molar-refractivity contribution is 5.79.